The van der Waals surface area contributed by atoms with Gasteiger partial charge in [0.05, 0.1) is 0 Å². The predicted octanol–water partition coefficient (Wildman–Crippen LogP) is 0.0784. The molecule has 0 aliphatic carbocycles. The number of nitrogens with two attached hydrogens (primary N) is 1. The van der Waals surface area contributed by atoms with Crippen molar-refractivity contribution in [2.24, 2.45) is 5.73 Å². The number of fused-ring (bicyclic) bond motifs is 1. The maximum atomic E-state index is 9.40. The largest absolute Gasteiger partial charge is 0.385 e. The van der Waals surface area contributed by atoms with Gasteiger partial charge in [0.1, 0.15) is 11.1 Å². The summed E-state index contributed by atoms with van der Waals surface area (Å²) in [6.07, 6.45) is 2.46. The van der Waals surface area contributed by atoms with Crippen LogP contribution in [0.3, 0.4) is 0 Å². The van der Waals surface area contributed by atoms with Crippen LogP contribution < -0.4 is 5.73 Å². The minimum Gasteiger partial charge on any atom is -0.385 e. The standard InChI is InChI=1S/C7H8N4OS/c8-3-4(12)6-11-5-7(13-6)10-2-1-9-5/h1-2,4,12H,3,8H2. The van der Waals surface area contributed by atoms with Gasteiger partial charge in [0.25, 0.3) is 0 Å². The Morgan fingerprint density at radius 1 is 1.46 bits per heavy atom. The minimum absolute atomic E-state index is 0.166. The van der Waals surface area contributed by atoms with Crippen LogP contribution in [0.1, 0.15) is 11.1 Å². The Kier molecular flexibility index (Phi) is 2.17. The highest BCUT2D eigenvalue weighted by Crippen LogP contribution is 2.22. The van der Waals surface area contributed by atoms with E-state index in [1.165, 1.54) is 11.3 Å². The van der Waals surface area contributed by atoms with Gasteiger partial charge >= 0.3 is 0 Å². The van der Waals surface area contributed by atoms with Crippen LogP contribution >= 0.6 is 11.3 Å². The third-order valence-electron chi connectivity index (χ3n) is 1.57. The van der Waals surface area contributed by atoms with E-state index in [4.69, 9.17) is 5.73 Å². The van der Waals surface area contributed by atoms with Crippen molar-refractivity contribution < 1.29 is 5.11 Å². The van der Waals surface area contributed by atoms with Crippen molar-refractivity contribution in [1.82, 2.24) is 15.0 Å². The predicted molar refractivity (Wildman–Crippen MR) is 49.2 cm³/mol. The topological polar surface area (TPSA) is 84.9 Å². The number of aliphatic hydroxyl groups is 1. The van der Waals surface area contributed by atoms with Crippen molar-refractivity contribution in [3.05, 3.63) is 17.4 Å². The average Bonchev–Trinajstić information content (AvgIpc) is 2.59. The van der Waals surface area contributed by atoms with Crippen LogP contribution in [-0.4, -0.2) is 26.6 Å². The summed E-state index contributed by atoms with van der Waals surface area (Å²) in [6, 6.07) is 0. The summed E-state index contributed by atoms with van der Waals surface area (Å²) in [6.45, 7) is 0.166. The lowest BCUT2D eigenvalue weighted by Gasteiger charge is -1.99. The highest BCUT2D eigenvalue weighted by molar-refractivity contribution is 7.18. The number of aliphatic hydroxyl groups excluding tert-OH is 1. The Labute approximate surface area is 78.3 Å². The molecule has 6 heteroatoms. The van der Waals surface area contributed by atoms with Crippen molar-refractivity contribution in [3.8, 4) is 0 Å². The third-order valence-corrected chi connectivity index (χ3v) is 2.63. The maximum Gasteiger partial charge on any atom is 0.189 e. The number of aromatic nitrogens is 3. The SMILES string of the molecule is NCC(O)c1nc2nccnc2s1. The minimum atomic E-state index is -0.707. The Bertz CT molecular complexity index is 383. The first-order valence-corrected chi connectivity index (χ1v) is 4.58. The molecule has 0 saturated heterocycles. The molecular formula is C7H8N4OS. The maximum absolute atomic E-state index is 9.40. The Balaban J connectivity index is 2.49. The smallest absolute Gasteiger partial charge is 0.189 e. The van der Waals surface area contributed by atoms with E-state index < -0.39 is 6.10 Å². The Morgan fingerprint density at radius 2 is 2.23 bits per heavy atom. The zero-order valence-electron chi connectivity index (χ0n) is 6.71. The zero-order chi connectivity index (χ0) is 9.26. The molecule has 0 spiro atoms. The van der Waals surface area contributed by atoms with E-state index in [9.17, 15) is 5.11 Å². The van der Waals surface area contributed by atoms with Crippen LogP contribution in [0.25, 0.3) is 10.5 Å². The van der Waals surface area contributed by atoms with Crippen molar-refractivity contribution in [2.45, 2.75) is 6.10 Å². The Hall–Kier alpha value is -1.11. The van der Waals surface area contributed by atoms with Crippen LogP contribution in [0.5, 0.6) is 0 Å². The van der Waals surface area contributed by atoms with Gasteiger partial charge in [-0.1, -0.05) is 11.3 Å². The molecule has 13 heavy (non-hydrogen) atoms. The van der Waals surface area contributed by atoms with Crippen molar-refractivity contribution in [1.29, 1.82) is 0 Å². The van der Waals surface area contributed by atoms with Gasteiger partial charge in [-0.15, -0.1) is 0 Å². The van der Waals surface area contributed by atoms with E-state index in [2.05, 4.69) is 15.0 Å². The molecule has 5 nitrogen and oxygen atoms in total. The van der Waals surface area contributed by atoms with E-state index in [1.54, 1.807) is 12.4 Å². The van der Waals surface area contributed by atoms with Crippen LogP contribution in [0.2, 0.25) is 0 Å². The van der Waals surface area contributed by atoms with Gasteiger partial charge < -0.3 is 10.8 Å². The van der Waals surface area contributed by atoms with Gasteiger partial charge in [-0.05, 0) is 0 Å². The van der Waals surface area contributed by atoms with Gasteiger partial charge in [0.2, 0.25) is 0 Å². The molecular weight excluding hydrogens is 188 g/mol. The number of hydrogen-bond donors (Lipinski definition) is 2. The lowest BCUT2D eigenvalue weighted by Crippen LogP contribution is -2.10. The fourth-order valence-corrected chi connectivity index (χ4v) is 1.80. The molecule has 1 atom stereocenters. The highest BCUT2D eigenvalue weighted by atomic mass is 32.1. The first-order chi connectivity index (χ1) is 6.31. The average molecular weight is 196 g/mol. The highest BCUT2D eigenvalue weighted by Gasteiger charge is 2.12. The molecule has 0 bridgehead atoms. The van der Waals surface area contributed by atoms with E-state index in [0.717, 1.165) is 4.83 Å². The molecule has 0 aromatic carbocycles. The van der Waals surface area contributed by atoms with Gasteiger partial charge in [0, 0.05) is 18.9 Å². The summed E-state index contributed by atoms with van der Waals surface area (Å²) in [5.41, 5.74) is 5.87. The lowest BCUT2D eigenvalue weighted by atomic mass is 10.4. The van der Waals surface area contributed by atoms with E-state index in [1.807, 2.05) is 0 Å². The summed E-state index contributed by atoms with van der Waals surface area (Å²) in [5.74, 6) is 0. The normalized spacial score (nSPS) is 13.4. The molecule has 0 radical (unpaired) electrons. The molecule has 2 aromatic heterocycles. The number of nitrogens with zero attached hydrogens (tertiary/aromatic N) is 3. The second kappa shape index (κ2) is 3.33. The molecule has 68 valence electrons. The fraction of sp³-hybridized carbons (Fsp3) is 0.286. The molecule has 0 aliphatic heterocycles. The van der Waals surface area contributed by atoms with Gasteiger partial charge in [-0.25, -0.2) is 15.0 Å². The summed E-state index contributed by atoms with van der Waals surface area (Å²) in [7, 11) is 0. The second-order valence-electron chi connectivity index (χ2n) is 2.49. The van der Waals surface area contributed by atoms with Gasteiger partial charge in [-0.3, -0.25) is 0 Å². The molecule has 0 fully saturated rings. The van der Waals surface area contributed by atoms with Crippen molar-refractivity contribution >= 4 is 21.8 Å². The van der Waals surface area contributed by atoms with Crippen molar-refractivity contribution in [2.75, 3.05) is 6.54 Å². The van der Waals surface area contributed by atoms with Gasteiger partial charge in [-0.2, -0.15) is 0 Å². The van der Waals surface area contributed by atoms with Crippen LogP contribution in [0.15, 0.2) is 12.4 Å². The lowest BCUT2D eigenvalue weighted by molar-refractivity contribution is 0.186. The fourth-order valence-electron chi connectivity index (χ4n) is 0.936. The summed E-state index contributed by atoms with van der Waals surface area (Å²) < 4.78 is 0. The molecule has 1 unspecified atom stereocenters. The third kappa shape index (κ3) is 1.51. The number of rotatable bonds is 2. The molecule has 0 aliphatic rings. The molecule has 3 N–H and O–H groups in total. The zero-order valence-corrected chi connectivity index (χ0v) is 7.53. The van der Waals surface area contributed by atoms with Gasteiger partial charge in [0.15, 0.2) is 10.5 Å². The van der Waals surface area contributed by atoms with E-state index in [-0.39, 0.29) is 6.54 Å². The number of thiazole rings is 1. The van der Waals surface area contributed by atoms with E-state index in [0.29, 0.717) is 10.7 Å². The first kappa shape index (κ1) is 8.49. The quantitative estimate of drug-likeness (QED) is 0.710. The van der Waals surface area contributed by atoms with Crippen molar-refractivity contribution in [3.63, 3.8) is 0 Å². The van der Waals surface area contributed by atoms with Crippen LogP contribution in [-0.2, 0) is 0 Å². The number of hydrogen-bond acceptors (Lipinski definition) is 6. The molecule has 0 saturated carbocycles. The molecule has 0 amide bonds. The molecule has 2 rings (SSSR count). The summed E-state index contributed by atoms with van der Waals surface area (Å²) >= 11 is 1.32. The molecule has 2 heterocycles. The molecule has 2 aromatic rings. The first-order valence-electron chi connectivity index (χ1n) is 3.77. The second-order valence-corrected chi connectivity index (χ2v) is 3.50. The Morgan fingerprint density at radius 3 is 2.92 bits per heavy atom. The summed E-state index contributed by atoms with van der Waals surface area (Å²) in [4.78, 5) is 12.9. The summed E-state index contributed by atoms with van der Waals surface area (Å²) in [5, 5.41) is 9.97. The van der Waals surface area contributed by atoms with E-state index >= 15 is 0 Å². The van der Waals surface area contributed by atoms with Crippen LogP contribution in [0, 0.1) is 0 Å². The monoisotopic (exact) mass is 196 g/mol. The van der Waals surface area contributed by atoms with Crippen LogP contribution in [0.4, 0.5) is 0 Å².